The zero-order valence-corrected chi connectivity index (χ0v) is 18.2. The molecule has 4 aromatic rings. The van der Waals surface area contributed by atoms with Crippen molar-refractivity contribution in [3.05, 3.63) is 54.8 Å². The Kier molecular flexibility index (Phi) is 5.64. The third-order valence-electron chi connectivity index (χ3n) is 5.72. The third kappa shape index (κ3) is 4.23. The summed E-state index contributed by atoms with van der Waals surface area (Å²) < 4.78 is 20.8. The number of halogens is 1. The van der Waals surface area contributed by atoms with E-state index in [0.29, 0.717) is 42.8 Å². The van der Waals surface area contributed by atoms with E-state index in [-0.39, 0.29) is 17.9 Å². The van der Waals surface area contributed by atoms with Crippen LogP contribution in [0.4, 0.5) is 15.1 Å². The van der Waals surface area contributed by atoms with Gasteiger partial charge in [0.2, 0.25) is 5.95 Å². The van der Waals surface area contributed by atoms with Gasteiger partial charge in [-0.2, -0.15) is 4.98 Å². The van der Waals surface area contributed by atoms with Gasteiger partial charge in [0, 0.05) is 43.6 Å². The minimum Gasteiger partial charge on any atom is -0.432 e. The standard InChI is InChI=1S/C23H24FN7O2/c1-2-25-22(32)30-11-8-17(9-12-30)27-21-26-10-7-18(28-21)20-19(15-3-5-16(24)6-4-15)29-23-31(20)13-14-33-23/h3-7,10,13-14,17H,2,8-9,11-12H2,1H3,(H,25,32)(H,26,27,28). The lowest BCUT2D eigenvalue weighted by Gasteiger charge is -2.32. The molecule has 0 aliphatic carbocycles. The van der Waals surface area contributed by atoms with Crippen LogP contribution in [0.25, 0.3) is 28.5 Å². The number of likely N-dealkylation sites (tertiary alicyclic amines) is 1. The number of piperidine rings is 1. The number of hydrogen-bond acceptors (Lipinski definition) is 6. The monoisotopic (exact) mass is 449 g/mol. The molecule has 2 N–H and O–H groups in total. The molecule has 1 aliphatic rings. The summed E-state index contributed by atoms with van der Waals surface area (Å²) in [6.07, 6.45) is 6.65. The molecule has 1 fully saturated rings. The number of rotatable bonds is 5. The molecule has 5 rings (SSSR count). The average molecular weight is 449 g/mol. The number of carbonyl (C=O) groups is 1. The van der Waals surface area contributed by atoms with E-state index in [1.165, 1.54) is 12.1 Å². The minimum absolute atomic E-state index is 0.0209. The Balaban J connectivity index is 1.39. The second kappa shape index (κ2) is 8.89. The van der Waals surface area contributed by atoms with E-state index in [4.69, 9.17) is 9.40 Å². The fraction of sp³-hybridized carbons (Fsp3) is 0.304. The molecular weight excluding hydrogens is 425 g/mol. The van der Waals surface area contributed by atoms with E-state index >= 15 is 0 Å². The maximum absolute atomic E-state index is 13.5. The molecule has 1 saturated heterocycles. The number of aromatic nitrogens is 4. The molecule has 0 atom stereocenters. The number of urea groups is 1. The van der Waals surface area contributed by atoms with Crippen molar-refractivity contribution in [1.29, 1.82) is 0 Å². The van der Waals surface area contributed by atoms with Crippen molar-refractivity contribution in [3.63, 3.8) is 0 Å². The Labute approximate surface area is 189 Å². The molecule has 1 aromatic carbocycles. The topological polar surface area (TPSA) is 101 Å². The van der Waals surface area contributed by atoms with Gasteiger partial charge in [0.25, 0.3) is 0 Å². The van der Waals surface area contributed by atoms with Gasteiger partial charge in [-0.1, -0.05) is 0 Å². The SMILES string of the molecule is CCNC(=O)N1CCC(Nc2nccc(-c3c(-c4ccc(F)cc4)nc4occn34)n2)CC1. The Morgan fingerprint density at radius 3 is 2.73 bits per heavy atom. The predicted molar refractivity (Wildman–Crippen MR) is 121 cm³/mol. The molecular formula is C23H24FN7O2. The highest BCUT2D eigenvalue weighted by Gasteiger charge is 2.24. The summed E-state index contributed by atoms with van der Waals surface area (Å²) in [5.41, 5.74) is 2.81. The van der Waals surface area contributed by atoms with Crippen LogP contribution in [0.1, 0.15) is 19.8 Å². The summed E-state index contributed by atoms with van der Waals surface area (Å²) in [5.74, 6) is 0.623. The lowest BCUT2D eigenvalue weighted by Crippen LogP contribution is -2.46. The van der Waals surface area contributed by atoms with Gasteiger partial charge in [-0.3, -0.25) is 4.40 Å². The number of carbonyl (C=O) groups excluding carboxylic acids is 1. The summed E-state index contributed by atoms with van der Waals surface area (Å²) in [5, 5.41) is 6.24. The van der Waals surface area contributed by atoms with Gasteiger partial charge in [0.1, 0.15) is 23.5 Å². The number of nitrogens with zero attached hydrogens (tertiary/aromatic N) is 5. The maximum atomic E-state index is 13.5. The van der Waals surface area contributed by atoms with E-state index < -0.39 is 0 Å². The number of benzene rings is 1. The number of nitrogens with one attached hydrogen (secondary N) is 2. The van der Waals surface area contributed by atoms with Crippen molar-refractivity contribution in [1.82, 2.24) is 29.6 Å². The molecule has 0 bridgehead atoms. The highest BCUT2D eigenvalue weighted by atomic mass is 19.1. The first kappa shape index (κ1) is 20.9. The summed E-state index contributed by atoms with van der Waals surface area (Å²) in [6.45, 7) is 3.89. The van der Waals surface area contributed by atoms with Crippen LogP contribution < -0.4 is 10.6 Å². The Morgan fingerprint density at radius 2 is 1.97 bits per heavy atom. The zero-order valence-electron chi connectivity index (χ0n) is 18.2. The molecule has 2 amide bonds. The lowest BCUT2D eigenvalue weighted by molar-refractivity contribution is 0.184. The Morgan fingerprint density at radius 1 is 1.18 bits per heavy atom. The predicted octanol–water partition coefficient (Wildman–Crippen LogP) is 3.80. The van der Waals surface area contributed by atoms with Gasteiger partial charge >= 0.3 is 11.9 Å². The maximum Gasteiger partial charge on any atom is 0.317 e. The van der Waals surface area contributed by atoms with Crippen LogP contribution in [0.2, 0.25) is 0 Å². The minimum atomic E-state index is -0.310. The van der Waals surface area contributed by atoms with E-state index in [0.717, 1.165) is 24.1 Å². The first-order valence-corrected chi connectivity index (χ1v) is 11.0. The number of imidazole rings is 1. The van der Waals surface area contributed by atoms with Crippen LogP contribution in [0, 0.1) is 5.82 Å². The summed E-state index contributed by atoms with van der Waals surface area (Å²) in [6, 6.07) is 8.13. The van der Waals surface area contributed by atoms with Crippen molar-refractivity contribution >= 4 is 17.8 Å². The molecule has 10 heteroatoms. The molecule has 4 heterocycles. The second-order valence-electron chi connectivity index (χ2n) is 7.88. The van der Waals surface area contributed by atoms with Crippen molar-refractivity contribution < 1.29 is 13.6 Å². The number of fused-ring (bicyclic) bond motifs is 1. The van der Waals surface area contributed by atoms with Crippen molar-refractivity contribution in [2.75, 3.05) is 25.0 Å². The molecule has 0 spiro atoms. The zero-order chi connectivity index (χ0) is 22.8. The highest BCUT2D eigenvalue weighted by Crippen LogP contribution is 2.32. The van der Waals surface area contributed by atoms with Gasteiger partial charge in [-0.25, -0.2) is 19.2 Å². The van der Waals surface area contributed by atoms with E-state index in [1.54, 1.807) is 30.8 Å². The Hall–Kier alpha value is -3.95. The molecule has 0 saturated carbocycles. The van der Waals surface area contributed by atoms with Gasteiger partial charge in [0.05, 0.1) is 5.69 Å². The van der Waals surface area contributed by atoms with Gasteiger partial charge in [-0.05, 0) is 50.1 Å². The number of amides is 2. The highest BCUT2D eigenvalue weighted by molar-refractivity contribution is 5.79. The fourth-order valence-electron chi connectivity index (χ4n) is 4.07. The lowest BCUT2D eigenvalue weighted by atomic mass is 10.1. The van der Waals surface area contributed by atoms with Crippen LogP contribution in [-0.2, 0) is 0 Å². The van der Waals surface area contributed by atoms with Crippen LogP contribution in [0.15, 0.2) is 53.4 Å². The summed E-state index contributed by atoms with van der Waals surface area (Å²) in [7, 11) is 0. The number of hydrogen-bond donors (Lipinski definition) is 2. The molecule has 3 aromatic heterocycles. The van der Waals surface area contributed by atoms with E-state index in [1.807, 2.05) is 22.3 Å². The molecule has 9 nitrogen and oxygen atoms in total. The van der Waals surface area contributed by atoms with Crippen LogP contribution in [0.5, 0.6) is 0 Å². The molecule has 170 valence electrons. The van der Waals surface area contributed by atoms with Gasteiger partial charge in [0.15, 0.2) is 0 Å². The van der Waals surface area contributed by atoms with E-state index in [2.05, 4.69) is 20.6 Å². The van der Waals surface area contributed by atoms with Gasteiger partial charge in [-0.15, -0.1) is 0 Å². The van der Waals surface area contributed by atoms with Crippen LogP contribution in [-0.4, -0.2) is 56.0 Å². The Bertz CT molecular complexity index is 1260. The number of anilines is 1. The summed E-state index contributed by atoms with van der Waals surface area (Å²) >= 11 is 0. The quantitative estimate of drug-likeness (QED) is 0.481. The molecule has 33 heavy (non-hydrogen) atoms. The van der Waals surface area contributed by atoms with Crippen molar-refractivity contribution in [3.8, 4) is 22.6 Å². The first-order valence-electron chi connectivity index (χ1n) is 11.0. The molecule has 1 aliphatic heterocycles. The van der Waals surface area contributed by atoms with Crippen molar-refractivity contribution in [2.24, 2.45) is 0 Å². The fourth-order valence-corrected chi connectivity index (χ4v) is 4.07. The average Bonchev–Trinajstić information content (AvgIpc) is 3.42. The largest absolute Gasteiger partial charge is 0.432 e. The molecule has 0 radical (unpaired) electrons. The van der Waals surface area contributed by atoms with Gasteiger partial charge < -0.3 is 20.0 Å². The first-order chi connectivity index (χ1) is 16.1. The molecule has 0 unspecified atom stereocenters. The van der Waals surface area contributed by atoms with Crippen molar-refractivity contribution in [2.45, 2.75) is 25.8 Å². The summed E-state index contributed by atoms with van der Waals surface area (Å²) in [4.78, 5) is 27.6. The number of oxazole rings is 1. The smallest absolute Gasteiger partial charge is 0.317 e. The normalized spacial score (nSPS) is 14.5. The van der Waals surface area contributed by atoms with E-state index in [9.17, 15) is 9.18 Å². The third-order valence-corrected chi connectivity index (χ3v) is 5.72. The second-order valence-corrected chi connectivity index (χ2v) is 7.88. The van der Waals surface area contributed by atoms with Crippen LogP contribution in [0.3, 0.4) is 0 Å². The van der Waals surface area contributed by atoms with Crippen LogP contribution >= 0.6 is 0 Å².